The average Bonchev–Trinajstić information content (AvgIpc) is 2.83. The zero-order valence-corrected chi connectivity index (χ0v) is 11.9. The molecule has 98 valence electrons. The molecule has 2 heterocycles. The van der Waals surface area contributed by atoms with E-state index in [-0.39, 0.29) is 18.0 Å². The van der Waals surface area contributed by atoms with E-state index < -0.39 is 5.97 Å². The monoisotopic (exact) mass is 341 g/mol. The van der Waals surface area contributed by atoms with Crippen molar-refractivity contribution in [2.75, 3.05) is 6.61 Å². The molecule has 19 heavy (non-hydrogen) atoms. The summed E-state index contributed by atoms with van der Waals surface area (Å²) < 4.78 is 6.28. The molecule has 0 unspecified atom stereocenters. The Morgan fingerprint density at radius 2 is 1.95 bits per heavy atom. The van der Waals surface area contributed by atoms with Crippen LogP contribution in [-0.4, -0.2) is 18.4 Å². The van der Waals surface area contributed by atoms with Gasteiger partial charge < -0.3 is 9.94 Å². The molecule has 0 atom stereocenters. The maximum atomic E-state index is 11.7. The Balaban J connectivity index is 1.93. The van der Waals surface area contributed by atoms with Gasteiger partial charge in [-0.05, 0) is 28.1 Å². The second-order valence-electron chi connectivity index (χ2n) is 3.55. The number of thiophene rings is 1. The summed E-state index contributed by atoms with van der Waals surface area (Å²) in [5.74, 6) is -0.900. The number of hydrogen-bond acceptors (Lipinski definition) is 5. The van der Waals surface area contributed by atoms with Crippen molar-refractivity contribution >= 4 is 39.0 Å². The Morgan fingerprint density at radius 1 is 1.26 bits per heavy atom. The third kappa shape index (κ3) is 3.62. The molecule has 0 aliphatic heterocycles. The van der Waals surface area contributed by atoms with Crippen LogP contribution >= 0.6 is 27.3 Å². The molecule has 0 radical (unpaired) electrons. The van der Waals surface area contributed by atoms with Crippen LogP contribution in [0.1, 0.15) is 20.0 Å². The first-order valence-electron chi connectivity index (χ1n) is 5.21. The second-order valence-corrected chi connectivity index (χ2v) is 6.01. The van der Waals surface area contributed by atoms with Gasteiger partial charge in [0.15, 0.2) is 19.0 Å². The SMILES string of the molecule is O=C(OCC(=O)c1ccc(Br)s1)c1cc[n+]([O-])cc1. The lowest BCUT2D eigenvalue weighted by molar-refractivity contribution is -0.605. The number of pyridine rings is 1. The number of halogens is 1. The van der Waals surface area contributed by atoms with Gasteiger partial charge in [0.05, 0.1) is 14.2 Å². The Kier molecular flexibility index (Phi) is 4.28. The molecule has 0 saturated heterocycles. The number of aromatic nitrogens is 1. The van der Waals surface area contributed by atoms with Crippen molar-refractivity contribution in [3.63, 3.8) is 0 Å². The Labute approximate surface area is 121 Å². The summed E-state index contributed by atoms with van der Waals surface area (Å²) in [6, 6.07) is 6.08. The predicted octanol–water partition coefficient (Wildman–Crippen LogP) is 2.18. The topological polar surface area (TPSA) is 70.3 Å². The van der Waals surface area contributed by atoms with Crippen molar-refractivity contribution in [2.24, 2.45) is 0 Å². The molecular formula is C12H8BrNO4S. The van der Waals surface area contributed by atoms with E-state index in [1.54, 1.807) is 12.1 Å². The normalized spacial score (nSPS) is 10.2. The van der Waals surface area contributed by atoms with E-state index in [4.69, 9.17) is 4.74 Å². The zero-order valence-electron chi connectivity index (χ0n) is 9.54. The zero-order chi connectivity index (χ0) is 13.8. The molecule has 2 rings (SSSR count). The van der Waals surface area contributed by atoms with E-state index >= 15 is 0 Å². The molecule has 0 N–H and O–H groups in total. The highest BCUT2D eigenvalue weighted by atomic mass is 79.9. The van der Waals surface area contributed by atoms with E-state index in [1.165, 1.54) is 35.9 Å². The van der Waals surface area contributed by atoms with Crippen molar-refractivity contribution in [3.8, 4) is 0 Å². The smallest absolute Gasteiger partial charge is 0.339 e. The van der Waals surface area contributed by atoms with Crippen LogP contribution in [-0.2, 0) is 4.74 Å². The number of carbonyl (C=O) groups excluding carboxylic acids is 2. The Morgan fingerprint density at radius 3 is 2.53 bits per heavy atom. The number of Topliss-reactive ketones (excluding diaryl/α,β-unsaturated/α-hetero) is 1. The number of nitrogens with zero attached hydrogens (tertiary/aromatic N) is 1. The fourth-order valence-electron chi connectivity index (χ4n) is 1.30. The van der Waals surface area contributed by atoms with E-state index in [2.05, 4.69) is 15.9 Å². The number of rotatable bonds is 4. The number of hydrogen-bond donors (Lipinski definition) is 0. The molecule has 0 fully saturated rings. The Hall–Kier alpha value is -1.73. The minimum Gasteiger partial charge on any atom is -0.619 e. The standard InChI is InChI=1S/C12H8BrNO4S/c13-11-2-1-10(19-11)9(15)7-18-12(16)8-3-5-14(17)6-4-8/h1-6H,7H2. The highest BCUT2D eigenvalue weighted by Crippen LogP contribution is 2.22. The summed E-state index contributed by atoms with van der Waals surface area (Å²) in [4.78, 5) is 23.8. The van der Waals surface area contributed by atoms with Crippen molar-refractivity contribution < 1.29 is 19.1 Å². The van der Waals surface area contributed by atoms with Crippen LogP contribution in [0.3, 0.4) is 0 Å². The average molecular weight is 342 g/mol. The molecule has 2 aromatic rings. The summed E-state index contributed by atoms with van der Waals surface area (Å²) in [6.45, 7) is -0.321. The molecule has 0 saturated carbocycles. The van der Waals surface area contributed by atoms with E-state index in [9.17, 15) is 14.8 Å². The minimum absolute atomic E-state index is 0.229. The van der Waals surface area contributed by atoms with Gasteiger partial charge in [0.25, 0.3) is 0 Å². The van der Waals surface area contributed by atoms with Gasteiger partial charge in [-0.25, -0.2) is 4.79 Å². The van der Waals surface area contributed by atoms with Crippen molar-refractivity contribution in [1.82, 2.24) is 0 Å². The van der Waals surface area contributed by atoms with Crippen LogP contribution in [0.25, 0.3) is 0 Å². The second kappa shape index (κ2) is 5.94. The molecule has 2 aromatic heterocycles. The van der Waals surface area contributed by atoms with Crippen LogP contribution < -0.4 is 4.73 Å². The lowest BCUT2D eigenvalue weighted by Crippen LogP contribution is -2.24. The van der Waals surface area contributed by atoms with Gasteiger partial charge in [-0.15, -0.1) is 11.3 Å². The number of ketones is 1. The van der Waals surface area contributed by atoms with Gasteiger partial charge in [0.1, 0.15) is 0 Å². The lowest BCUT2D eigenvalue weighted by atomic mass is 10.3. The van der Waals surface area contributed by atoms with E-state index in [1.807, 2.05) is 0 Å². The molecule has 0 aliphatic rings. The molecule has 0 aromatic carbocycles. The summed E-state index contributed by atoms with van der Waals surface area (Å²) in [5.41, 5.74) is 0.229. The van der Waals surface area contributed by atoms with Gasteiger partial charge >= 0.3 is 5.97 Å². The van der Waals surface area contributed by atoms with Crippen LogP contribution in [0, 0.1) is 5.21 Å². The predicted molar refractivity (Wildman–Crippen MR) is 72.0 cm³/mol. The van der Waals surface area contributed by atoms with E-state index in [0.717, 1.165) is 3.79 Å². The summed E-state index contributed by atoms with van der Waals surface area (Å²) in [6.07, 6.45) is 2.38. The fraction of sp³-hybridized carbons (Fsp3) is 0.0833. The van der Waals surface area contributed by atoms with Gasteiger partial charge in [-0.1, -0.05) is 0 Å². The molecule has 0 aliphatic carbocycles. The quantitative estimate of drug-likeness (QED) is 0.370. The largest absolute Gasteiger partial charge is 0.619 e. The summed E-state index contributed by atoms with van der Waals surface area (Å²) >= 11 is 4.53. The number of esters is 1. The first kappa shape index (κ1) is 13.7. The van der Waals surface area contributed by atoms with Crippen LogP contribution in [0.4, 0.5) is 0 Å². The van der Waals surface area contributed by atoms with Gasteiger partial charge in [0, 0.05) is 12.1 Å². The first-order chi connectivity index (χ1) is 9.06. The highest BCUT2D eigenvalue weighted by molar-refractivity contribution is 9.11. The fourth-order valence-corrected chi connectivity index (χ4v) is 2.61. The Bertz CT molecular complexity index is 608. The molecular weight excluding hydrogens is 334 g/mol. The molecule has 0 spiro atoms. The van der Waals surface area contributed by atoms with Gasteiger partial charge in [-0.2, -0.15) is 4.73 Å². The first-order valence-corrected chi connectivity index (χ1v) is 6.81. The van der Waals surface area contributed by atoms with Crippen LogP contribution in [0.2, 0.25) is 0 Å². The van der Waals surface area contributed by atoms with Crippen molar-refractivity contribution in [3.05, 3.63) is 56.1 Å². The van der Waals surface area contributed by atoms with Crippen LogP contribution in [0.15, 0.2) is 40.4 Å². The molecule has 7 heteroatoms. The van der Waals surface area contributed by atoms with Crippen molar-refractivity contribution in [2.45, 2.75) is 0 Å². The number of ether oxygens (including phenoxy) is 1. The molecule has 0 amide bonds. The van der Waals surface area contributed by atoms with Crippen molar-refractivity contribution in [1.29, 1.82) is 0 Å². The van der Waals surface area contributed by atoms with Gasteiger partial charge in [0.2, 0.25) is 5.78 Å². The van der Waals surface area contributed by atoms with Gasteiger partial charge in [-0.3, -0.25) is 4.79 Å². The highest BCUT2D eigenvalue weighted by Gasteiger charge is 2.13. The van der Waals surface area contributed by atoms with Crippen LogP contribution in [0.5, 0.6) is 0 Å². The maximum Gasteiger partial charge on any atom is 0.339 e. The molecule has 0 bridgehead atoms. The number of carbonyl (C=O) groups is 2. The summed E-state index contributed by atoms with van der Waals surface area (Å²) in [7, 11) is 0. The lowest BCUT2D eigenvalue weighted by Gasteiger charge is -2.03. The minimum atomic E-state index is -0.635. The third-order valence-corrected chi connectivity index (χ3v) is 3.88. The summed E-state index contributed by atoms with van der Waals surface area (Å²) in [5, 5.41) is 10.8. The maximum absolute atomic E-state index is 11.7. The third-order valence-electron chi connectivity index (χ3n) is 2.22. The molecule has 5 nitrogen and oxygen atoms in total. The van der Waals surface area contributed by atoms with E-state index in [0.29, 0.717) is 9.61 Å².